The normalized spacial score (nSPS) is 13.5. The van der Waals surface area contributed by atoms with Crippen molar-refractivity contribution >= 4 is 28.8 Å². The fraction of sp³-hybridized carbons (Fsp3) is 0.429. The van der Waals surface area contributed by atoms with E-state index in [1.807, 2.05) is 13.8 Å². The third kappa shape index (κ3) is 4.32. The lowest BCUT2D eigenvalue weighted by Crippen LogP contribution is -2.31. The van der Waals surface area contributed by atoms with Gasteiger partial charge in [-0.15, -0.1) is 0 Å². The number of carbonyl (C=O) groups excluding carboxylic acids is 2. The van der Waals surface area contributed by atoms with Crippen LogP contribution in [0.3, 0.4) is 0 Å². The van der Waals surface area contributed by atoms with Gasteiger partial charge < -0.3 is 9.15 Å². The minimum atomic E-state index is -0.545. The minimum Gasteiger partial charge on any atom is -0.462 e. The zero-order valence-electron chi connectivity index (χ0n) is 17.5. The molecular formula is C21H23N5O5. The highest BCUT2D eigenvalue weighted by Crippen LogP contribution is 2.42. The summed E-state index contributed by atoms with van der Waals surface area (Å²) < 4.78 is 11.9. The van der Waals surface area contributed by atoms with Crippen molar-refractivity contribution in [2.75, 3.05) is 11.9 Å². The SMILES string of the molecule is CCOC(=O)c1cnc(NC(=O)Cn2nc(C(C)C)c3oc(C4CC4)cc3c2=O)nc1. The molecule has 3 heterocycles. The topological polar surface area (TPSA) is 129 Å². The summed E-state index contributed by atoms with van der Waals surface area (Å²) in [5, 5.41) is 7.32. The van der Waals surface area contributed by atoms with E-state index in [9.17, 15) is 14.4 Å². The van der Waals surface area contributed by atoms with Crippen LogP contribution in [0.1, 0.15) is 67.3 Å². The van der Waals surface area contributed by atoms with Crippen LogP contribution in [0.15, 0.2) is 27.7 Å². The molecule has 10 heteroatoms. The van der Waals surface area contributed by atoms with Crippen molar-refractivity contribution in [2.45, 2.75) is 52.0 Å². The Morgan fingerprint density at radius 2 is 2.00 bits per heavy atom. The molecule has 1 saturated carbocycles. The van der Waals surface area contributed by atoms with E-state index < -0.39 is 11.9 Å². The second-order valence-corrected chi connectivity index (χ2v) is 7.73. The molecule has 1 aliphatic rings. The number of nitrogens with one attached hydrogen (secondary N) is 1. The van der Waals surface area contributed by atoms with Crippen LogP contribution in [0.4, 0.5) is 5.95 Å². The van der Waals surface area contributed by atoms with Crippen molar-refractivity contribution in [3.63, 3.8) is 0 Å². The number of rotatable bonds is 7. The van der Waals surface area contributed by atoms with Crippen LogP contribution in [-0.4, -0.2) is 38.2 Å². The molecule has 0 aliphatic heterocycles. The fourth-order valence-corrected chi connectivity index (χ4v) is 3.19. The largest absolute Gasteiger partial charge is 0.462 e. The lowest BCUT2D eigenvalue weighted by atomic mass is 10.1. The molecule has 1 amide bonds. The van der Waals surface area contributed by atoms with Crippen LogP contribution >= 0.6 is 0 Å². The first-order chi connectivity index (χ1) is 14.9. The number of hydrogen-bond donors (Lipinski definition) is 1. The maximum Gasteiger partial charge on any atom is 0.341 e. The van der Waals surface area contributed by atoms with Gasteiger partial charge in [0.05, 0.1) is 17.6 Å². The van der Waals surface area contributed by atoms with Gasteiger partial charge in [-0.05, 0) is 25.8 Å². The summed E-state index contributed by atoms with van der Waals surface area (Å²) in [5.41, 5.74) is 0.917. The predicted octanol–water partition coefficient (Wildman–Crippen LogP) is 2.60. The minimum absolute atomic E-state index is 0.00867. The smallest absolute Gasteiger partial charge is 0.341 e. The van der Waals surface area contributed by atoms with E-state index in [-0.39, 0.29) is 36.1 Å². The summed E-state index contributed by atoms with van der Waals surface area (Å²) in [5.74, 6) is 0.117. The molecule has 0 saturated heterocycles. The first-order valence-corrected chi connectivity index (χ1v) is 10.2. The van der Waals surface area contributed by atoms with E-state index in [0.717, 1.165) is 23.3 Å². The third-order valence-electron chi connectivity index (χ3n) is 4.91. The molecule has 3 aromatic heterocycles. The maximum absolute atomic E-state index is 12.9. The van der Waals surface area contributed by atoms with Crippen LogP contribution in [-0.2, 0) is 16.1 Å². The highest BCUT2D eigenvalue weighted by atomic mass is 16.5. The Balaban J connectivity index is 1.55. The Hall–Kier alpha value is -3.56. The number of carbonyl (C=O) groups is 2. The Kier molecular flexibility index (Phi) is 5.53. The van der Waals surface area contributed by atoms with Crippen LogP contribution in [0.5, 0.6) is 0 Å². The Morgan fingerprint density at radius 1 is 1.29 bits per heavy atom. The highest BCUT2D eigenvalue weighted by molar-refractivity contribution is 5.90. The van der Waals surface area contributed by atoms with Gasteiger partial charge in [0.1, 0.15) is 18.0 Å². The summed E-state index contributed by atoms with van der Waals surface area (Å²) in [4.78, 5) is 44.9. The molecule has 31 heavy (non-hydrogen) atoms. The van der Waals surface area contributed by atoms with Gasteiger partial charge in [-0.3, -0.25) is 14.9 Å². The quantitative estimate of drug-likeness (QED) is 0.572. The Bertz CT molecular complexity index is 1190. The van der Waals surface area contributed by atoms with Crippen molar-refractivity contribution in [3.05, 3.63) is 45.8 Å². The molecule has 162 valence electrons. The number of ether oxygens (including phenoxy) is 1. The van der Waals surface area contributed by atoms with E-state index in [1.165, 1.54) is 12.4 Å². The van der Waals surface area contributed by atoms with Crippen molar-refractivity contribution < 1.29 is 18.7 Å². The van der Waals surface area contributed by atoms with Gasteiger partial charge in [-0.2, -0.15) is 5.10 Å². The molecule has 1 fully saturated rings. The molecule has 4 rings (SSSR count). The number of fused-ring (bicyclic) bond motifs is 1. The number of nitrogens with zero attached hydrogens (tertiary/aromatic N) is 4. The van der Waals surface area contributed by atoms with Gasteiger partial charge in [0, 0.05) is 24.2 Å². The number of esters is 1. The summed E-state index contributed by atoms with van der Waals surface area (Å²) in [6.45, 7) is 5.54. The van der Waals surface area contributed by atoms with Gasteiger partial charge in [0.25, 0.3) is 5.56 Å². The van der Waals surface area contributed by atoms with Gasteiger partial charge in [-0.1, -0.05) is 13.8 Å². The van der Waals surface area contributed by atoms with Crippen LogP contribution in [0.25, 0.3) is 11.0 Å². The summed E-state index contributed by atoms with van der Waals surface area (Å²) in [6, 6.07) is 1.77. The van der Waals surface area contributed by atoms with Gasteiger partial charge in [0.2, 0.25) is 11.9 Å². The molecule has 0 aromatic carbocycles. The molecule has 0 spiro atoms. The highest BCUT2D eigenvalue weighted by Gasteiger charge is 2.29. The Labute approximate surface area is 177 Å². The molecule has 0 unspecified atom stereocenters. The Morgan fingerprint density at radius 3 is 2.61 bits per heavy atom. The van der Waals surface area contributed by atoms with Gasteiger partial charge in [-0.25, -0.2) is 19.4 Å². The summed E-state index contributed by atoms with van der Waals surface area (Å²) in [7, 11) is 0. The van der Waals surface area contributed by atoms with E-state index in [2.05, 4.69) is 20.4 Å². The second-order valence-electron chi connectivity index (χ2n) is 7.73. The lowest BCUT2D eigenvalue weighted by Gasteiger charge is -2.10. The van der Waals surface area contributed by atoms with Crippen molar-refractivity contribution in [1.82, 2.24) is 19.7 Å². The van der Waals surface area contributed by atoms with Gasteiger partial charge >= 0.3 is 5.97 Å². The lowest BCUT2D eigenvalue weighted by molar-refractivity contribution is -0.117. The molecular weight excluding hydrogens is 402 g/mol. The zero-order chi connectivity index (χ0) is 22.1. The number of hydrogen-bond acceptors (Lipinski definition) is 8. The van der Waals surface area contributed by atoms with Gasteiger partial charge in [0.15, 0.2) is 5.58 Å². The molecule has 1 N–H and O–H groups in total. The number of aromatic nitrogens is 4. The molecule has 0 radical (unpaired) electrons. The van der Waals surface area contributed by atoms with E-state index >= 15 is 0 Å². The monoisotopic (exact) mass is 425 g/mol. The average Bonchev–Trinajstić information content (AvgIpc) is 3.49. The predicted molar refractivity (Wildman–Crippen MR) is 111 cm³/mol. The maximum atomic E-state index is 12.9. The summed E-state index contributed by atoms with van der Waals surface area (Å²) in [6.07, 6.45) is 4.63. The molecule has 1 aliphatic carbocycles. The van der Waals surface area contributed by atoms with Crippen LogP contribution < -0.4 is 10.9 Å². The number of furan rings is 1. The van der Waals surface area contributed by atoms with E-state index in [1.54, 1.807) is 13.0 Å². The molecule has 0 bridgehead atoms. The summed E-state index contributed by atoms with van der Waals surface area (Å²) >= 11 is 0. The molecule has 3 aromatic rings. The van der Waals surface area contributed by atoms with Crippen molar-refractivity contribution in [1.29, 1.82) is 0 Å². The van der Waals surface area contributed by atoms with Crippen LogP contribution in [0.2, 0.25) is 0 Å². The van der Waals surface area contributed by atoms with Crippen molar-refractivity contribution in [3.8, 4) is 0 Å². The van der Waals surface area contributed by atoms with E-state index in [4.69, 9.17) is 9.15 Å². The first-order valence-electron chi connectivity index (χ1n) is 10.2. The standard InChI is InChI=1S/C21H23N5O5/c1-4-30-20(29)13-8-22-21(23-9-13)24-16(27)10-26-19(28)14-7-15(12-5-6-12)31-18(14)17(25-26)11(2)3/h7-9,11-12H,4-6,10H2,1-3H3,(H,22,23,24,27). The molecule has 10 nitrogen and oxygen atoms in total. The average molecular weight is 425 g/mol. The first kappa shape index (κ1) is 20.7. The number of anilines is 1. The fourth-order valence-electron chi connectivity index (χ4n) is 3.19. The molecule has 0 atom stereocenters. The van der Waals surface area contributed by atoms with Crippen LogP contribution in [0, 0.1) is 0 Å². The van der Waals surface area contributed by atoms with E-state index in [0.29, 0.717) is 22.6 Å². The number of amides is 1. The third-order valence-corrected chi connectivity index (χ3v) is 4.91. The van der Waals surface area contributed by atoms with Crippen molar-refractivity contribution in [2.24, 2.45) is 0 Å². The zero-order valence-corrected chi connectivity index (χ0v) is 17.5. The second kappa shape index (κ2) is 8.29.